The maximum atomic E-state index is 13.1. The Bertz CT molecular complexity index is 1170. The Morgan fingerprint density at radius 2 is 1.90 bits per heavy atom. The molecule has 0 aliphatic heterocycles. The second-order valence-electron chi connectivity index (χ2n) is 7.01. The summed E-state index contributed by atoms with van der Waals surface area (Å²) < 4.78 is 25.4. The lowest BCUT2D eigenvalue weighted by Crippen LogP contribution is -2.30. The minimum atomic E-state index is -0.337. The van der Waals surface area contributed by atoms with Crippen LogP contribution in [-0.4, -0.2) is 27.7 Å². The molecule has 0 aliphatic carbocycles. The van der Waals surface area contributed by atoms with E-state index in [1.54, 1.807) is 42.1 Å². The second kappa shape index (κ2) is 8.83. The molecule has 7 nitrogen and oxygen atoms in total. The van der Waals surface area contributed by atoms with Gasteiger partial charge in [0.25, 0.3) is 5.89 Å². The smallest absolute Gasteiger partial charge is 0.274 e. The van der Waals surface area contributed by atoms with E-state index in [9.17, 15) is 9.18 Å². The van der Waals surface area contributed by atoms with Crippen molar-refractivity contribution in [1.29, 1.82) is 0 Å². The van der Waals surface area contributed by atoms with Gasteiger partial charge in [0.15, 0.2) is 0 Å². The Labute approximate surface area is 178 Å². The molecule has 1 unspecified atom stereocenters. The van der Waals surface area contributed by atoms with Crippen molar-refractivity contribution in [2.24, 2.45) is 0 Å². The van der Waals surface area contributed by atoms with Crippen LogP contribution in [-0.2, 0) is 11.3 Å². The van der Waals surface area contributed by atoms with Crippen LogP contribution in [0.5, 0.6) is 5.75 Å². The summed E-state index contributed by atoms with van der Waals surface area (Å²) in [6.45, 7) is 2.01. The highest BCUT2D eigenvalue weighted by atomic mass is 19.1. The molecule has 0 saturated heterocycles. The molecule has 2 aromatic heterocycles. The fourth-order valence-electron chi connectivity index (χ4n) is 3.21. The molecular formula is C23H21FN4O3. The quantitative estimate of drug-likeness (QED) is 0.484. The van der Waals surface area contributed by atoms with Gasteiger partial charge in [-0.3, -0.25) is 4.79 Å². The summed E-state index contributed by atoms with van der Waals surface area (Å²) >= 11 is 0. The van der Waals surface area contributed by atoms with E-state index < -0.39 is 0 Å². The molecule has 0 aliphatic rings. The fraction of sp³-hybridized carbons (Fsp3) is 0.174. The van der Waals surface area contributed by atoms with Gasteiger partial charge in [0.05, 0.1) is 13.2 Å². The first-order valence-corrected chi connectivity index (χ1v) is 9.72. The summed E-state index contributed by atoms with van der Waals surface area (Å²) in [6, 6.07) is 16.8. The van der Waals surface area contributed by atoms with E-state index in [0.717, 1.165) is 11.3 Å². The molecule has 31 heavy (non-hydrogen) atoms. The lowest BCUT2D eigenvalue weighted by atomic mass is 10.1. The Balaban J connectivity index is 1.44. The van der Waals surface area contributed by atoms with E-state index in [1.165, 1.54) is 12.1 Å². The van der Waals surface area contributed by atoms with E-state index in [0.29, 0.717) is 17.1 Å². The summed E-state index contributed by atoms with van der Waals surface area (Å²) in [7, 11) is 1.61. The van der Waals surface area contributed by atoms with E-state index in [1.807, 2.05) is 31.2 Å². The number of carbonyl (C=O) groups is 1. The summed E-state index contributed by atoms with van der Waals surface area (Å²) in [5.74, 6) is 0.898. The van der Waals surface area contributed by atoms with Crippen LogP contribution >= 0.6 is 0 Å². The van der Waals surface area contributed by atoms with Gasteiger partial charge in [0.2, 0.25) is 11.7 Å². The van der Waals surface area contributed by atoms with E-state index in [-0.39, 0.29) is 30.2 Å². The third-order valence-electron chi connectivity index (χ3n) is 4.88. The van der Waals surface area contributed by atoms with Crippen LogP contribution in [0.1, 0.15) is 18.5 Å². The summed E-state index contributed by atoms with van der Waals surface area (Å²) in [6.07, 6.45) is 1.77. The van der Waals surface area contributed by atoms with Crippen molar-refractivity contribution in [2.45, 2.75) is 19.5 Å². The van der Waals surface area contributed by atoms with Gasteiger partial charge in [-0.15, -0.1) is 0 Å². The fourth-order valence-corrected chi connectivity index (χ4v) is 3.21. The lowest BCUT2D eigenvalue weighted by molar-refractivity contribution is -0.122. The van der Waals surface area contributed by atoms with Gasteiger partial charge in [-0.25, -0.2) is 4.39 Å². The van der Waals surface area contributed by atoms with Crippen LogP contribution in [0.3, 0.4) is 0 Å². The summed E-state index contributed by atoms with van der Waals surface area (Å²) in [4.78, 5) is 17.0. The number of aromatic nitrogens is 3. The molecule has 1 atom stereocenters. The molecule has 2 heterocycles. The lowest BCUT2D eigenvalue weighted by Gasteiger charge is -2.15. The number of rotatable bonds is 7. The number of nitrogens with zero attached hydrogens (tertiary/aromatic N) is 3. The normalized spacial score (nSPS) is 11.8. The number of halogens is 1. The van der Waals surface area contributed by atoms with Crippen LogP contribution < -0.4 is 10.1 Å². The molecule has 4 rings (SSSR count). The van der Waals surface area contributed by atoms with Gasteiger partial charge in [0, 0.05) is 11.8 Å². The van der Waals surface area contributed by atoms with Gasteiger partial charge in [0.1, 0.15) is 23.8 Å². The molecule has 0 radical (unpaired) electrons. The van der Waals surface area contributed by atoms with Crippen molar-refractivity contribution in [3.8, 4) is 28.7 Å². The van der Waals surface area contributed by atoms with Crippen LogP contribution in [0.2, 0.25) is 0 Å². The molecule has 0 fully saturated rings. The Hall–Kier alpha value is -3.94. The first-order chi connectivity index (χ1) is 15.0. The molecule has 0 saturated carbocycles. The third-order valence-corrected chi connectivity index (χ3v) is 4.88. The van der Waals surface area contributed by atoms with Crippen molar-refractivity contribution in [3.63, 3.8) is 0 Å². The van der Waals surface area contributed by atoms with Gasteiger partial charge in [-0.1, -0.05) is 17.3 Å². The zero-order valence-corrected chi connectivity index (χ0v) is 17.1. The average molecular weight is 420 g/mol. The number of nitrogens with one attached hydrogen (secondary N) is 1. The first kappa shape index (κ1) is 20.3. The van der Waals surface area contributed by atoms with Gasteiger partial charge in [-0.2, -0.15) is 4.98 Å². The molecule has 1 amide bonds. The second-order valence-corrected chi connectivity index (χ2v) is 7.01. The molecule has 4 aromatic rings. The molecule has 1 N–H and O–H groups in total. The van der Waals surface area contributed by atoms with E-state index in [4.69, 9.17) is 9.26 Å². The molecule has 158 valence electrons. The van der Waals surface area contributed by atoms with Gasteiger partial charge in [-0.05, 0) is 61.0 Å². The number of benzene rings is 2. The SMILES string of the molecule is COc1ccc(C(C)NC(=O)Cn2cccc2-c2nc(-c3ccc(F)cc3)no2)cc1. The standard InChI is InChI=1S/C23H21FN4O3/c1-15(16-7-11-19(30-2)12-8-16)25-21(29)14-28-13-3-4-20(28)23-26-22(27-31-23)17-5-9-18(24)10-6-17/h3-13,15H,14H2,1-2H3,(H,25,29). The molecule has 2 aromatic carbocycles. The van der Waals surface area contributed by atoms with Gasteiger partial charge >= 0.3 is 0 Å². The molecular weight excluding hydrogens is 399 g/mol. The largest absolute Gasteiger partial charge is 0.497 e. The zero-order valence-electron chi connectivity index (χ0n) is 17.1. The number of carbonyl (C=O) groups excluding carboxylic acids is 1. The van der Waals surface area contributed by atoms with E-state index in [2.05, 4.69) is 15.5 Å². The maximum absolute atomic E-state index is 13.1. The predicted molar refractivity (Wildman–Crippen MR) is 113 cm³/mol. The Morgan fingerprint density at radius 3 is 2.61 bits per heavy atom. The monoisotopic (exact) mass is 420 g/mol. The van der Waals surface area contributed by atoms with Crippen molar-refractivity contribution >= 4 is 5.91 Å². The molecule has 8 heteroatoms. The van der Waals surface area contributed by atoms with Crippen LogP contribution in [0.4, 0.5) is 4.39 Å². The number of methoxy groups -OCH3 is 1. The van der Waals surface area contributed by atoms with Crippen LogP contribution in [0, 0.1) is 5.82 Å². The van der Waals surface area contributed by atoms with Crippen LogP contribution in [0.15, 0.2) is 71.4 Å². The van der Waals surface area contributed by atoms with Crippen molar-refractivity contribution in [1.82, 2.24) is 20.0 Å². The first-order valence-electron chi connectivity index (χ1n) is 9.72. The summed E-state index contributed by atoms with van der Waals surface area (Å²) in [5.41, 5.74) is 2.23. The minimum Gasteiger partial charge on any atom is -0.497 e. The van der Waals surface area contributed by atoms with Crippen molar-refractivity contribution < 1.29 is 18.4 Å². The third kappa shape index (κ3) is 4.63. The maximum Gasteiger partial charge on any atom is 0.274 e. The molecule has 0 spiro atoms. The van der Waals surface area contributed by atoms with E-state index >= 15 is 0 Å². The average Bonchev–Trinajstić information content (AvgIpc) is 3.43. The van der Waals surface area contributed by atoms with Gasteiger partial charge < -0.3 is 19.1 Å². The summed E-state index contributed by atoms with van der Waals surface area (Å²) in [5, 5.41) is 6.95. The number of amides is 1. The van der Waals surface area contributed by atoms with Crippen LogP contribution in [0.25, 0.3) is 23.0 Å². The highest BCUT2D eigenvalue weighted by Crippen LogP contribution is 2.23. The minimum absolute atomic E-state index is 0.0943. The number of ether oxygens (including phenoxy) is 1. The topological polar surface area (TPSA) is 82.2 Å². The highest BCUT2D eigenvalue weighted by molar-refractivity contribution is 5.77. The predicted octanol–water partition coefficient (Wildman–Crippen LogP) is 4.23. The Kier molecular flexibility index (Phi) is 5.79. The number of hydrogen-bond acceptors (Lipinski definition) is 5. The zero-order chi connectivity index (χ0) is 21.8. The highest BCUT2D eigenvalue weighted by Gasteiger charge is 2.17. The molecule has 0 bridgehead atoms. The number of hydrogen-bond donors (Lipinski definition) is 1. The van der Waals surface area contributed by atoms with Crippen molar-refractivity contribution in [3.05, 3.63) is 78.2 Å². The Morgan fingerprint density at radius 1 is 1.16 bits per heavy atom. The van der Waals surface area contributed by atoms with Crippen molar-refractivity contribution in [2.75, 3.05) is 7.11 Å².